The molecule has 1 fully saturated rings. The van der Waals surface area contributed by atoms with Crippen LogP contribution in [-0.2, 0) is 4.74 Å². The average molecular weight is 342 g/mol. The van der Waals surface area contributed by atoms with Crippen molar-refractivity contribution in [3.05, 3.63) is 16.9 Å². The van der Waals surface area contributed by atoms with E-state index in [1.807, 2.05) is 6.92 Å². The van der Waals surface area contributed by atoms with Gasteiger partial charge in [0.2, 0.25) is 11.1 Å². The number of morpholine rings is 1. The van der Waals surface area contributed by atoms with Crippen molar-refractivity contribution in [3.8, 4) is 11.2 Å². The van der Waals surface area contributed by atoms with Crippen LogP contribution in [0.25, 0.3) is 5.13 Å². The van der Waals surface area contributed by atoms with Gasteiger partial charge >= 0.3 is 0 Å². The van der Waals surface area contributed by atoms with E-state index < -0.39 is 0 Å². The number of nitrogens with zero attached hydrogens (tertiary/aromatic N) is 6. The molecule has 0 aliphatic carbocycles. The highest BCUT2D eigenvalue weighted by Gasteiger charge is 2.22. The SMILES string of the molecule is CC(N)c1nc(N2CCOCC2)nn1-c1ncc(C#N)s1.Cl. The molecule has 0 bridgehead atoms. The standard InChI is InChI=1S/C12H15N7OS.ClH/c1-8(14)10-16-11(18-2-4-20-5-3-18)17-19(10)12-15-7-9(6-13)21-12;/h7-8H,2-5,14H2,1H3;1H. The summed E-state index contributed by atoms with van der Waals surface area (Å²) in [6.45, 7) is 4.69. The largest absolute Gasteiger partial charge is 0.378 e. The Kier molecular flexibility index (Phi) is 5.31. The third-order valence-corrected chi connectivity index (χ3v) is 3.98. The first-order valence-electron chi connectivity index (χ1n) is 6.60. The first-order valence-corrected chi connectivity index (χ1v) is 7.42. The predicted octanol–water partition coefficient (Wildman–Crippen LogP) is 0.874. The molecule has 1 atom stereocenters. The average Bonchev–Trinajstić information content (AvgIpc) is 3.14. The number of nitriles is 1. The van der Waals surface area contributed by atoms with Crippen molar-refractivity contribution in [3.63, 3.8) is 0 Å². The molecule has 1 aliphatic rings. The molecule has 3 rings (SSSR count). The number of halogens is 1. The summed E-state index contributed by atoms with van der Waals surface area (Å²) in [7, 11) is 0. The second-order valence-electron chi connectivity index (χ2n) is 4.69. The van der Waals surface area contributed by atoms with Crippen LogP contribution in [0, 0.1) is 11.3 Å². The Bertz CT molecular complexity index is 671. The second kappa shape index (κ2) is 7.02. The van der Waals surface area contributed by atoms with E-state index in [4.69, 9.17) is 15.7 Å². The van der Waals surface area contributed by atoms with Crippen LogP contribution in [0.15, 0.2) is 6.20 Å². The van der Waals surface area contributed by atoms with E-state index >= 15 is 0 Å². The van der Waals surface area contributed by atoms with Crippen LogP contribution < -0.4 is 10.6 Å². The van der Waals surface area contributed by atoms with Crippen molar-refractivity contribution < 1.29 is 4.74 Å². The number of thiazole rings is 1. The van der Waals surface area contributed by atoms with Crippen LogP contribution in [0.5, 0.6) is 0 Å². The van der Waals surface area contributed by atoms with Gasteiger partial charge in [0.15, 0.2) is 5.82 Å². The van der Waals surface area contributed by atoms with Crippen molar-refractivity contribution in [2.75, 3.05) is 31.2 Å². The Morgan fingerprint density at radius 2 is 2.18 bits per heavy atom. The Morgan fingerprint density at radius 3 is 2.77 bits per heavy atom. The van der Waals surface area contributed by atoms with E-state index in [1.165, 1.54) is 17.5 Å². The van der Waals surface area contributed by atoms with E-state index in [-0.39, 0.29) is 18.4 Å². The molecule has 8 nitrogen and oxygen atoms in total. The molecule has 118 valence electrons. The van der Waals surface area contributed by atoms with Gasteiger partial charge < -0.3 is 15.4 Å². The molecule has 0 spiro atoms. The molecule has 2 aromatic heterocycles. The van der Waals surface area contributed by atoms with Crippen LogP contribution in [-0.4, -0.2) is 46.1 Å². The van der Waals surface area contributed by atoms with Crippen LogP contribution in [0.1, 0.15) is 23.7 Å². The Morgan fingerprint density at radius 1 is 1.45 bits per heavy atom. The molecule has 0 radical (unpaired) electrons. The third kappa shape index (κ3) is 3.20. The Balaban J connectivity index is 0.00000176. The first kappa shape index (κ1) is 16.6. The molecule has 0 saturated carbocycles. The summed E-state index contributed by atoms with van der Waals surface area (Å²) in [4.78, 5) is 11.3. The lowest BCUT2D eigenvalue weighted by Crippen LogP contribution is -2.37. The predicted molar refractivity (Wildman–Crippen MR) is 84.6 cm³/mol. The molecule has 2 N–H and O–H groups in total. The Labute approximate surface area is 137 Å². The van der Waals surface area contributed by atoms with Gasteiger partial charge in [0.25, 0.3) is 0 Å². The topological polar surface area (TPSA) is 106 Å². The van der Waals surface area contributed by atoms with Gasteiger partial charge in [-0.25, -0.2) is 4.98 Å². The number of ether oxygens (including phenoxy) is 1. The van der Waals surface area contributed by atoms with E-state index in [1.54, 1.807) is 4.68 Å². The molecule has 0 aromatic carbocycles. The zero-order valence-electron chi connectivity index (χ0n) is 12.0. The zero-order chi connectivity index (χ0) is 14.8. The van der Waals surface area contributed by atoms with Gasteiger partial charge in [-0.2, -0.15) is 14.9 Å². The third-order valence-electron chi connectivity index (χ3n) is 3.11. The second-order valence-corrected chi connectivity index (χ2v) is 5.70. The lowest BCUT2D eigenvalue weighted by molar-refractivity contribution is 0.122. The van der Waals surface area contributed by atoms with Gasteiger partial charge in [-0.05, 0) is 6.92 Å². The number of aromatic nitrogens is 4. The van der Waals surface area contributed by atoms with Crippen LogP contribution in [0.3, 0.4) is 0 Å². The molecule has 1 unspecified atom stereocenters. The fourth-order valence-electron chi connectivity index (χ4n) is 2.06. The first-order chi connectivity index (χ1) is 10.2. The van der Waals surface area contributed by atoms with Gasteiger partial charge in [-0.1, -0.05) is 11.3 Å². The molecule has 10 heteroatoms. The van der Waals surface area contributed by atoms with E-state index in [0.29, 0.717) is 35.0 Å². The quantitative estimate of drug-likeness (QED) is 0.882. The van der Waals surface area contributed by atoms with Gasteiger partial charge in [-0.3, -0.25) is 0 Å². The smallest absolute Gasteiger partial charge is 0.245 e. The lowest BCUT2D eigenvalue weighted by atomic mass is 10.3. The number of anilines is 1. The molecular weight excluding hydrogens is 326 g/mol. The molecule has 22 heavy (non-hydrogen) atoms. The molecule has 1 saturated heterocycles. The highest BCUT2D eigenvalue weighted by molar-refractivity contribution is 7.14. The van der Waals surface area contributed by atoms with Crippen molar-refractivity contribution >= 4 is 29.7 Å². The summed E-state index contributed by atoms with van der Waals surface area (Å²) in [5, 5.41) is 14.0. The normalized spacial score (nSPS) is 16.0. The Hall–Kier alpha value is -1.73. The summed E-state index contributed by atoms with van der Waals surface area (Å²) in [6.07, 6.45) is 1.53. The monoisotopic (exact) mass is 341 g/mol. The fraction of sp³-hybridized carbons (Fsp3) is 0.500. The number of nitrogens with two attached hydrogens (primary N) is 1. The van der Waals surface area contributed by atoms with Gasteiger partial charge in [0.05, 0.1) is 25.5 Å². The van der Waals surface area contributed by atoms with Crippen molar-refractivity contribution in [1.82, 2.24) is 19.7 Å². The van der Waals surface area contributed by atoms with Gasteiger partial charge in [-0.15, -0.1) is 17.5 Å². The van der Waals surface area contributed by atoms with Crippen LogP contribution >= 0.6 is 23.7 Å². The molecular formula is C12H16ClN7OS. The van der Waals surface area contributed by atoms with E-state index in [2.05, 4.69) is 26.0 Å². The summed E-state index contributed by atoms with van der Waals surface area (Å²) >= 11 is 1.27. The van der Waals surface area contributed by atoms with E-state index in [9.17, 15) is 0 Å². The summed E-state index contributed by atoms with van der Waals surface area (Å²) in [5.41, 5.74) is 5.98. The maximum Gasteiger partial charge on any atom is 0.245 e. The van der Waals surface area contributed by atoms with Gasteiger partial charge in [0, 0.05) is 13.1 Å². The highest BCUT2D eigenvalue weighted by atomic mass is 35.5. The molecule has 2 aromatic rings. The number of rotatable bonds is 3. The lowest BCUT2D eigenvalue weighted by Gasteiger charge is -2.25. The highest BCUT2D eigenvalue weighted by Crippen LogP contribution is 2.22. The number of hydrogen-bond donors (Lipinski definition) is 1. The van der Waals surface area contributed by atoms with Crippen LogP contribution in [0.2, 0.25) is 0 Å². The van der Waals surface area contributed by atoms with Crippen molar-refractivity contribution in [2.45, 2.75) is 13.0 Å². The molecule has 1 aliphatic heterocycles. The van der Waals surface area contributed by atoms with Crippen molar-refractivity contribution in [1.29, 1.82) is 5.26 Å². The summed E-state index contributed by atoms with van der Waals surface area (Å²) in [5.74, 6) is 1.26. The number of hydrogen-bond acceptors (Lipinski definition) is 8. The summed E-state index contributed by atoms with van der Waals surface area (Å²) in [6, 6.07) is 1.80. The molecule has 0 amide bonds. The van der Waals surface area contributed by atoms with Gasteiger partial charge in [0.1, 0.15) is 10.9 Å². The minimum Gasteiger partial charge on any atom is -0.378 e. The zero-order valence-corrected chi connectivity index (χ0v) is 13.6. The maximum absolute atomic E-state index is 8.91. The molecule has 3 heterocycles. The summed E-state index contributed by atoms with van der Waals surface area (Å²) < 4.78 is 6.96. The van der Waals surface area contributed by atoms with Crippen molar-refractivity contribution in [2.24, 2.45) is 5.73 Å². The van der Waals surface area contributed by atoms with E-state index in [0.717, 1.165) is 13.1 Å². The minimum atomic E-state index is -0.276. The fourth-order valence-corrected chi connectivity index (χ4v) is 2.73. The maximum atomic E-state index is 8.91. The van der Waals surface area contributed by atoms with Crippen LogP contribution in [0.4, 0.5) is 5.95 Å². The minimum absolute atomic E-state index is 0.